The first-order valence-corrected chi connectivity index (χ1v) is 11.6. The van der Waals surface area contributed by atoms with Crippen molar-refractivity contribution in [3.63, 3.8) is 0 Å². The van der Waals surface area contributed by atoms with Crippen LogP contribution in [0.3, 0.4) is 0 Å². The summed E-state index contributed by atoms with van der Waals surface area (Å²) in [6, 6.07) is 4.72. The molecule has 0 atom stereocenters. The van der Waals surface area contributed by atoms with E-state index in [4.69, 9.17) is 4.74 Å². The van der Waals surface area contributed by atoms with Gasteiger partial charge in [0.15, 0.2) is 0 Å². The summed E-state index contributed by atoms with van der Waals surface area (Å²) in [6.07, 6.45) is 3.37. The SMILES string of the molecule is Fc1ccc2c(c1CNc1c3[nH]ccnc-3c3c4c(ccn4CC=C3C(F)(F)F)c3[nH]ncn13)CCO2. The van der Waals surface area contributed by atoms with Crippen LogP contribution in [-0.2, 0) is 19.5 Å². The molecular weight excluding hydrogens is 490 g/mol. The molecule has 2 aromatic heterocycles. The Labute approximate surface area is 206 Å². The van der Waals surface area contributed by atoms with E-state index in [9.17, 15) is 17.6 Å². The molecule has 188 valence electrons. The van der Waals surface area contributed by atoms with Crippen LogP contribution < -0.4 is 10.1 Å². The highest BCUT2D eigenvalue weighted by Gasteiger charge is 2.40. The van der Waals surface area contributed by atoms with Crippen LogP contribution in [0.15, 0.2) is 49.2 Å². The van der Waals surface area contributed by atoms with Gasteiger partial charge in [-0.25, -0.2) is 4.39 Å². The first kappa shape index (κ1) is 21.8. The molecule has 3 aromatic rings. The molecule has 0 radical (unpaired) electrons. The fourth-order valence-electron chi connectivity index (χ4n) is 5.34. The van der Waals surface area contributed by atoms with Crippen molar-refractivity contribution in [2.24, 2.45) is 0 Å². The molecule has 0 aliphatic carbocycles. The third-order valence-electron chi connectivity index (χ3n) is 6.94. The Bertz CT molecular complexity index is 1750. The maximum Gasteiger partial charge on any atom is 0.416 e. The van der Waals surface area contributed by atoms with E-state index in [1.807, 2.05) is 0 Å². The lowest BCUT2D eigenvalue weighted by Crippen LogP contribution is -2.18. The second-order valence-corrected chi connectivity index (χ2v) is 8.91. The van der Waals surface area contributed by atoms with E-state index in [1.54, 1.807) is 27.3 Å². The number of nitrogens with one attached hydrogen (secondary N) is 3. The van der Waals surface area contributed by atoms with Crippen LogP contribution in [0.1, 0.15) is 16.7 Å². The fourth-order valence-corrected chi connectivity index (χ4v) is 5.34. The third-order valence-corrected chi connectivity index (χ3v) is 6.94. The van der Waals surface area contributed by atoms with E-state index in [-0.39, 0.29) is 30.2 Å². The molecule has 4 aliphatic rings. The van der Waals surface area contributed by atoms with Crippen LogP contribution in [0.2, 0.25) is 0 Å². The smallest absolute Gasteiger partial charge is 0.416 e. The number of anilines is 1. The molecule has 0 unspecified atom stereocenters. The highest BCUT2D eigenvalue weighted by molar-refractivity contribution is 6.04. The quantitative estimate of drug-likeness (QED) is 0.291. The number of aromatic amines is 2. The van der Waals surface area contributed by atoms with Crippen molar-refractivity contribution in [3.8, 4) is 17.1 Å². The van der Waals surface area contributed by atoms with Crippen molar-refractivity contribution in [1.82, 2.24) is 29.1 Å². The molecule has 8 nitrogen and oxygen atoms in total. The molecule has 1 aromatic carbocycles. The zero-order chi connectivity index (χ0) is 25.3. The normalized spacial score (nSPS) is 14.6. The zero-order valence-electron chi connectivity index (χ0n) is 19.2. The van der Waals surface area contributed by atoms with E-state index in [0.29, 0.717) is 52.4 Å². The van der Waals surface area contributed by atoms with Crippen molar-refractivity contribution in [1.29, 1.82) is 0 Å². The summed E-state index contributed by atoms with van der Waals surface area (Å²) in [5.41, 5.74) is 1.71. The van der Waals surface area contributed by atoms with Crippen LogP contribution in [0.4, 0.5) is 23.4 Å². The summed E-state index contributed by atoms with van der Waals surface area (Å²) in [6.45, 7) is 0.607. The lowest BCUT2D eigenvalue weighted by molar-refractivity contribution is -0.0691. The minimum atomic E-state index is -4.60. The number of alkyl halides is 3. The summed E-state index contributed by atoms with van der Waals surface area (Å²) in [7, 11) is 0. The van der Waals surface area contributed by atoms with Crippen molar-refractivity contribution in [2.45, 2.75) is 25.7 Å². The number of benzene rings is 1. The minimum Gasteiger partial charge on any atom is -0.493 e. The van der Waals surface area contributed by atoms with E-state index >= 15 is 0 Å². The first-order valence-electron chi connectivity index (χ1n) is 11.6. The van der Waals surface area contributed by atoms with Crippen LogP contribution in [0.5, 0.6) is 5.75 Å². The number of fused-ring (bicyclic) bond motifs is 5. The van der Waals surface area contributed by atoms with Gasteiger partial charge in [-0.15, -0.1) is 0 Å². The van der Waals surface area contributed by atoms with Gasteiger partial charge in [-0.2, -0.15) is 18.3 Å². The highest BCUT2D eigenvalue weighted by atomic mass is 19.4. The monoisotopic (exact) mass is 509 g/mol. The molecule has 0 fully saturated rings. The molecule has 37 heavy (non-hydrogen) atoms. The predicted octanol–water partition coefficient (Wildman–Crippen LogP) is 5.21. The largest absolute Gasteiger partial charge is 0.493 e. The highest BCUT2D eigenvalue weighted by Crippen LogP contribution is 2.45. The maximum absolute atomic E-state index is 14.9. The van der Waals surface area contributed by atoms with Crippen molar-refractivity contribution in [3.05, 3.63) is 71.7 Å². The number of hydrogen-bond acceptors (Lipinski definition) is 4. The third kappa shape index (κ3) is 3.21. The number of ether oxygens (including phenoxy) is 1. The van der Waals surface area contributed by atoms with Crippen LogP contribution in [0.25, 0.3) is 33.5 Å². The number of hydrogen-bond donors (Lipinski definition) is 3. The number of rotatable bonds is 3. The van der Waals surface area contributed by atoms with E-state index in [2.05, 4.69) is 25.5 Å². The van der Waals surface area contributed by atoms with Gasteiger partial charge >= 0.3 is 6.18 Å². The Morgan fingerprint density at radius 3 is 2.95 bits per heavy atom. The Morgan fingerprint density at radius 2 is 2.08 bits per heavy atom. The zero-order valence-corrected chi connectivity index (χ0v) is 19.2. The van der Waals surface area contributed by atoms with Gasteiger partial charge in [0, 0.05) is 60.2 Å². The van der Waals surface area contributed by atoms with Gasteiger partial charge in [0.2, 0.25) is 0 Å². The van der Waals surface area contributed by atoms with Crippen LogP contribution in [0, 0.1) is 5.82 Å². The Morgan fingerprint density at radius 1 is 1.19 bits per heavy atom. The summed E-state index contributed by atoms with van der Waals surface area (Å²) in [5.74, 6) is 0.620. The summed E-state index contributed by atoms with van der Waals surface area (Å²) >= 11 is 0. The fraction of sp³-hybridized carbons (Fsp3) is 0.200. The molecule has 4 aliphatic heterocycles. The van der Waals surface area contributed by atoms with Crippen molar-refractivity contribution >= 4 is 27.9 Å². The number of halogens is 4. The van der Waals surface area contributed by atoms with Gasteiger partial charge in [0.05, 0.1) is 17.7 Å². The van der Waals surface area contributed by atoms with E-state index in [1.165, 1.54) is 30.9 Å². The average Bonchev–Trinajstić information content (AvgIpc) is 3.63. The lowest BCUT2D eigenvalue weighted by atomic mass is 9.97. The van der Waals surface area contributed by atoms with Gasteiger partial charge in [0.25, 0.3) is 0 Å². The van der Waals surface area contributed by atoms with Crippen LogP contribution in [-0.4, -0.2) is 41.9 Å². The van der Waals surface area contributed by atoms with Crippen molar-refractivity contribution < 1.29 is 22.3 Å². The number of H-pyrrole nitrogens is 2. The van der Waals surface area contributed by atoms with Crippen molar-refractivity contribution in [2.75, 3.05) is 11.9 Å². The molecule has 6 heterocycles. The number of nitrogens with zero attached hydrogens (tertiary/aromatic N) is 4. The molecule has 12 heteroatoms. The first-order chi connectivity index (χ1) is 17.9. The second-order valence-electron chi connectivity index (χ2n) is 8.91. The van der Waals surface area contributed by atoms with Gasteiger partial charge in [-0.3, -0.25) is 14.5 Å². The van der Waals surface area contributed by atoms with Gasteiger partial charge in [-0.05, 0) is 18.2 Å². The Balaban J connectivity index is 1.52. The summed E-state index contributed by atoms with van der Waals surface area (Å²) < 4.78 is 66.8. The lowest BCUT2D eigenvalue weighted by Gasteiger charge is -2.23. The van der Waals surface area contributed by atoms with E-state index in [0.717, 1.165) is 5.56 Å². The topological polar surface area (TPSA) is 88.0 Å². The minimum absolute atomic E-state index is 0.0362. The van der Waals surface area contributed by atoms with Crippen LogP contribution >= 0.6 is 0 Å². The summed E-state index contributed by atoms with van der Waals surface area (Å²) in [5, 5.41) is 10.9. The number of allylic oxidation sites excluding steroid dienone is 2. The second kappa shape index (κ2) is 7.76. The standard InChI is InChI=1S/C25H19F4N7O/c26-17-1-2-18-13(5-10-37-18)15(17)11-32-24-21-20(30-6-7-31-21)19-16(25(27,28)29)4-9-35-8-3-14(22(19)35)23-34-33-12-36(23)24/h1-4,6-8,12,31-32,34H,5,9-11H2. The Hall–Kier alpha value is -4.48. The Kier molecular flexibility index (Phi) is 4.57. The molecular formula is C25H19F4N7O. The molecule has 0 saturated carbocycles. The molecule has 3 N–H and O–H groups in total. The molecule has 7 rings (SSSR count). The maximum atomic E-state index is 14.9. The molecule has 0 spiro atoms. The average molecular weight is 509 g/mol. The van der Waals surface area contributed by atoms with Gasteiger partial charge in [-0.1, -0.05) is 6.08 Å². The molecule has 0 saturated heterocycles. The van der Waals surface area contributed by atoms with E-state index < -0.39 is 11.7 Å². The van der Waals surface area contributed by atoms with Gasteiger partial charge in [0.1, 0.15) is 40.7 Å². The van der Waals surface area contributed by atoms with Gasteiger partial charge < -0.3 is 19.6 Å². The molecule has 0 amide bonds. The molecule has 0 bridgehead atoms. The number of aromatic nitrogens is 6. The summed E-state index contributed by atoms with van der Waals surface area (Å²) in [4.78, 5) is 7.48. The predicted molar refractivity (Wildman–Crippen MR) is 128 cm³/mol.